The predicted molar refractivity (Wildman–Crippen MR) is 111 cm³/mol. The summed E-state index contributed by atoms with van der Waals surface area (Å²) in [4.78, 5) is 27.7. The lowest BCUT2D eigenvalue weighted by atomic mass is 9.76. The van der Waals surface area contributed by atoms with Gasteiger partial charge in [0.25, 0.3) is 0 Å². The van der Waals surface area contributed by atoms with E-state index in [-0.39, 0.29) is 16.9 Å². The normalized spacial score (nSPS) is 26.2. The van der Waals surface area contributed by atoms with Gasteiger partial charge in [-0.1, -0.05) is 41.6 Å². The van der Waals surface area contributed by atoms with Crippen molar-refractivity contribution in [3.63, 3.8) is 0 Å². The molecule has 2 saturated heterocycles. The van der Waals surface area contributed by atoms with E-state index in [4.69, 9.17) is 10.1 Å². The summed E-state index contributed by atoms with van der Waals surface area (Å²) in [7, 11) is 1.56. The number of nitrogens with one attached hydrogen (secondary N) is 1. The second-order valence-corrected chi connectivity index (χ2v) is 8.37. The average Bonchev–Trinajstić information content (AvgIpc) is 2.97. The summed E-state index contributed by atoms with van der Waals surface area (Å²) < 4.78 is 5.20. The third kappa shape index (κ3) is 3.10. The van der Waals surface area contributed by atoms with Crippen molar-refractivity contribution in [3.8, 4) is 11.8 Å². The number of anilines is 1. The van der Waals surface area contributed by atoms with Gasteiger partial charge in [0.2, 0.25) is 11.8 Å². The fourth-order valence-corrected chi connectivity index (χ4v) is 5.29. The highest BCUT2D eigenvalue weighted by atomic mass is 32.2. The van der Waals surface area contributed by atoms with Gasteiger partial charge < -0.3 is 4.74 Å². The van der Waals surface area contributed by atoms with Gasteiger partial charge in [0, 0.05) is 5.92 Å². The minimum absolute atomic E-state index is 0.126. The number of ether oxygens (including phenoxy) is 1. The molecule has 4 rings (SSSR count). The van der Waals surface area contributed by atoms with Crippen LogP contribution in [-0.2, 0) is 9.59 Å². The maximum absolute atomic E-state index is 13.4. The molecule has 29 heavy (non-hydrogen) atoms. The molecule has 4 atom stereocenters. The zero-order valence-corrected chi connectivity index (χ0v) is 16.8. The molecule has 0 radical (unpaired) electrons. The number of imide groups is 1. The van der Waals surface area contributed by atoms with Crippen molar-refractivity contribution in [2.75, 3.05) is 12.0 Å². The maximum Gasteiger partial charge on any atom is 0.248 e. The third-order valence-electron chi connectivity index (χ3n) is 5.51. The van der Waals surface area contributed by atoms with Crippen LogP contribution < -0.4 is 9.64 Å². The molecule has 0 aliphatic carbocycles. The number of thioether (sulfide) groups is 1. The van der Waals surface area contributed by atoms with Crippen LogP contribution in [0.15, 0.2) is 48.5 Å². The van der Waals surface area contributed by atoms with Crippen molar-refractivity contribution in [2.24, 2.45) is 11.8 Å². The van der Waals surface area contributed by atoms with E-state index in [1.54, 1.807) is 43.5 Å². The quantitative estimate of drug-likeness (QED) is 0.789. The molecule has 2 aliphatic rings. The number of rotatable bonds is 3. The van der Waals surface area contributed by atoms with E-state index < -0.39 is 23.0 Å². The van der Waals surface area contributed by atoms with Crippen molar-refractivity contribution < 1.29 is 14.3 Å². The Morgan fingerprint density at radius 3 is 2.28 bits per heavy atom. The van der Waals surface area contributed by atoms with Gasteiger partial charge in [-0.15, -0.1) is 0 Å². The Hall–Kier alpha value is -3.11. The van der Waals surface area contributed by atoms with E-state index in [0.717, 1.165) is 22.9 Å². The molecule has 0 bridgehead atoms. The van der Waals surface area contributed by atoms with Gasteiger partial charge in [-0.3, -0.25) is 15.0 Å². The van der Waals surface area contributed by atoms with Crippen LogP contribution in [0.2, 0.25) is 0 Å². The highest BCUT2D eigenvalue weighted by Gasteiger charge is 2.58. The van der Waals surface area contributed by atoms with Gasteiger partial charge in [-0.05, 0) is 36.8 Å². The molecule has 2 aliphatic heterocycles. The molecule has 7 heteroatoms. The first kappa shape index (κ1) is 19.2. The zero-order valence-electron chi connectivity index (χ0n) is 16.0. The smallest absolute Gasteiger partial charge is 0.248 e. The number of hydrogen-bond acceptors (Lipinski definition) is 6. The predicted octanol–water partition coefficient (Wildman–Crippen LogP) is 3.51. The molecule has 6 nitrogen and oxygen atoms in total. The standard InChI is InChI=1S/C22H19N3O3S/c1-12-3-7-14(8-4-12)25-21(26)18-17(13-5-9-15(28-2)10-6-13)16(11-23)20(24)29-19(18)22(25)27/h3-10,16-19,24H,1-2H3/t16-,17-,18+,19-/m0/s1. The monoisotopic (exact) mass is 405 g/mol. The molecule has 0 unspecified atom stereocenters. The first-order valence-electron chi connectivity index (χ1n) is 9.19. The van der Waals surface area contributed by atoms with Crippen molar-refractivity contribution >= 4 is 34.3 Å². The van der Waals surface area contributed by atoms with Crippen LogP contribution in [0.1, 0.15) is 17.0 Å². The van der Waals surface area contributed by atoms with E-state index in [0.29, 0.717) is 11.4 Å². The van der Waals surface area contributed by atoms with Gasteiger partial charge in [0.05, 0.1) is 29.8 Å². The van der Waals surface area contributed by atoms with Crippen molar-refractivity contribution in [2.45, 2.75) is 18.1 Å². The molecule has 1 N–H and O–H groups in total. The fraction of sp³-hybridized carbons (Fsp3) is 0.273. The van der Waals surface area contributed by atoms with E-state index in [1.807, 2.05) is 19.1 Å². The fourth-order valence-electron chi connectivity index (χ4n) is 4.03. The lowest BCUT2D eigenvalue weighted by Crippen LogP contribution is -2.39. The van der Waals surface area contributed by atoms with Gasteiger partial charge in [0.15, 0.2) is 0 Å². The number of nitriles is 1. The molecule has 0 spiro atoms. The number of carbonyl (C=O) groups is 2. The molecule has 0 saturated carbocycles. The maximum atomic E-state index is 13.4. The minimum Gasteiger partial charge on any atom is -0.497 e. The lowest BCUT2D eigenvalue weighted by molar-refractivity contribution is -0.122. The highest BCUT2D eigenvalue weighted by molar-refractivity contribution is 8.15. The number of nitrogens with zero attached hydrogens (tertiary/aromatic N) is 2. The summed E-state index contributed by atoms with van der Waals surface area (Å²) in [6.45, 7) is 1.94. The number of aryl methyl sites for hydroxylation is 1. The van der Waals surface area contributed by atoms with Crippen LogP contribution in [0.4, 0.5) is 5.69 Å². The second kappa shape index (κ2) is 7.37. The highest BCUT2D eigenvalue weighted by Crippen LogP contribution is 2.50. The molecule has 2 fully saturated rings. The van der Waals surface area contributed by atoms with E-state index in [2.05, 4.69) is 6.07 Å². The van der Waals surface area contributed by atoms with Gasteiger partial charge in [-0.25, -0.2) is 4.90 Å². The summed E-state index contributed by atoms with van der Waals surface area (Å²) in [6, 6.07) is 16.5. The molecule has 0 aromatic heterocycles. The summed E-state index contributed by atoms with van der Waals surface area (Å²) in [5.41, 5.74) is 2.31. The largest absolute Gasteiger partial charge is 0.497 e. The summed E-state index contributed by atoms with van der Waals surface area (Å²) >= 11 is 1.03. The van der Waals surface area contributed by atoms with E-state index in [1.165, 1.54) is 4.90 Å². The number of hydrogen-bond donors (Lipinski definition) is 1. The Labute approximate surface area is 173 Å². The van der Waals surface area contributed by atoms with E-state index in [9.17, 15) is 14.9 Å². The average molecular weight is 405 g/mol. The summed E-state index contributed by atoms with van der Waals surface area (Å²) in [5, 5.41) is 17.5. The van der Waals surface area contributed by atoms with Crippen LogP contribution in [0.5, 0.6) is 5.75 Å². The topological polar surface area (TPSA) is 94.2 Å². The Balaban J connectivity index is 1.79. The first-order valence-corrected chi connectivity index (χ1v) is 10.1. The number of carbonyl (C=O) groups excluding carboxylic acids is 2. The summed E-state index contributed by atoms with van der Waals surface area (Å²) in [6.07, 6.45) is 0. The Morgan fingerprint density at radius 1 is 1.03 bits per heavy atom. The Morgan fingerprint density at radius 2 is 1.69 bits per heavy atom. The lowest BCUT2D eigenvalue weighted by Gasteiger charge is -2.34. The van der Waals surface area contributed by atoms with E-state index >= 15 is 0 Å². The molecular weight excluding hydrogens is 386 g/mol. The number of amides is 2. The molecule has 2 aromatic carbocycles. The number of benzene rings is 2. The van der Waals surface area contributed by atoms with Gasteiger partial charge in [-0.2, -0.15) is 5.26 Å². The molecule has 2 aromatic rings. The van der Waals surface area contributed by atoms with Crippen LogP contribution in [0.3, 0.4) is 0 Å². The second-order valence-electron chi connectivity index (χ2n) is 7.18. The summed E-state index contributed by atoms with van der Waals surface area (Å²) in [5.74, 6) is -2.01. The zero-order chi connectivity index (χ0) is 20.7. The van der Waals surface area contributed by atoms with Crippen molar-refractivity contribution in [1.29, 1.82) is 10.7 Å². The molecule has 2 amide bonds. The number of fused-ring (bicyclic) bond motifs is 1. The van der Waals surface area contributed by atoms with Crippen LogP contribution >= 0.6 is 11.8 Å². The minimum atomic E-state index is -0.774. The van der Waals surface area contributed by atoms with Gasteiger partial charge >= 0.3 is 0 Å². The number of methoxy groups -OCH3 is 1. The van der Waals surface area contributed by atoms with Crippen LogP contribution in [0, 0.1) is 35.5 Å². The van der Waals surface area contributed by atoms with Crippen LogP contribution in [0.25, 0.3) is 0 Å². The molecule has 2 heterocycles. The molecule has 146 valence electrons. The molecular formula is C22H19N3O3S. The van der Waals surface area contributed by atoms with Crippen LogP contribution in [-0.4, -0.2) is 29.2 Å². The van der Waals surface area contributed by atoms with Crippen molar-refractivity contribution in [3.05, 3.63) is 59.7 Å². The Bertz CT molecular complexity index is 1030. The first-order chi connectivity index (χ1) is 14.0. The van der Waals surface area contributed by atoms with Gasteiger partial charge in [0.1, 0.15) is 16.9 Å². The SMILES string of the molecule is COc1ccc([C@@H]2[C@H]3C(=O)N(c4ccc(C)cc4)C(=O)[C@H]3SC(=N)[C@H]2C#N)cc1. The third-order valence-corrected chi connectivity index (χ3v) is 6.77. The Kier molecular flexibility index (Phi) is 4.89. The van der Waals surface area contributed by atoms with Crippen molar-refractivity contribution in [1.82, 2.24) is 0 Å².